The van der Waals surface area contributed by atoms with Crippen molar-refractivity contribution < 1.29 is 14.3 Å². The average molecular weight is 249 g/mol. The predicted octanol–water partition coefficient (Wildman–Crippen LogP) is 1.32. The van der Waals surface area contributed by atoms with E-state index in [1.807, 2.05) is 6.07 Å². The standard InChI is InChI=1S/C14H19NO3/c1-17-13-6-4-10-3-5-12(7-11(10)8-13)15-9-14(16)18-2/h4,6,8,12,15H,3,5,7,9H2,1-2H3. The molecule has 1 aromatic carbocycles. The maximum absolute atomic E-state index is 11.1. The zero-order chi connectivity index (χ0) is 13.0. The first-order valence-electron chi connectivity index (χ1n) is 6.19. The van der Waals surface area contributed by atoms with E-state index in [0.717, 1.165) is 25.0 Å². The number of ether oxygens (including phenoxy) is 2. The van der Waals surface area contributed by atoms with Crippen LogP contribution < -0.4 is 10.1 Å². The van der Waals surface area contributed by atoms with Gasteiger partial charge in [-0.2, -0.15) is 0 Å². The lowest BCUT2D eigenvalue weighted by atomic mass is 9.88. The molecule has 4 heteroatoms. The van der Waals surface area contributed by atoms with Crippen molar-refractivity contribution in [2.75, 3.05) is 20.8 Å². The van der Waals surface area contributed by atoms with Gasteiger partial charge in [0.25, 0.3) is 0 Å². The number of benzene rings is 1. The fourth-order valence-electron chi connectivity index (χ4n) is 2.33. The molecule has 98 valence electrons. The number of carbonyl (C=O) groups excluding carboxylic acids is 1. The molecule has 1 atom stereocenters. The first-order valence-corrected chi connectivity index (χ1v) is 6.19. The number of esters is 1. The van der Waals surface area contributed by atoms with Gasteiger partial charge in [0.15, 0.2) is 0 Å². The van der Waals surface area contributed by atoms with Crippen molar-refractivity contribution in [3.05, 3.63) is 29.3 Å². The zero-order valence-electron chi connectivity index (χ0n) is 10.9. The van der Waals surface area contributed by atoms with Crippen LogP contribution in [0.4, 0.5) is 0 Å². The van der Waals surface area contributed by atoms with Gasteiger partial charge in [0.1, 0.15) is 5.75 Å². The van der Waals surface area contributed by atoms with Gasteiger partial charge in [-0.1, -0.05) is 6.07 Å². The number of carbonyl (C=O) groups is 1. The summed E-state index contributed by atoms with van der Waals surface area (Å²) in [5.74, 6) is 0.675. The molecule has 4 nitrogen and oxygen atoms in total. The number of hydrogen-bond donors (Lipinski definition) is 1. The fourth-order valence-corrected chi connectivity index (χ4v) is 2.33. The van der Waals surface area contributed by atoms with Crippen molar-refractivity contribution in [2.24, 2.45) is 0 Å². The number of fused-ring (bicyclic) bond motifs is 1. The molecule has 0 aliphatic heterocycles. The molecular weight excluding hydrogens is 230 g/mol. The van der Waals surface area contributed by atoms with Gasteiger partial charge in [0, 0.05) is 6.04 Å². The molecule has 0 radical (unpaired) electrons. The summed E-state index contributed by atoms with van der Waals surface area (Å²) >= 11 is 0. The third-order valence-electron chi connectivity index (χ3n) is 3.40. The number of nitrogens with one attached hydrogen (secondary N) is 1. The molecule has 0 spiro atoms. The molecule has 0 aromatic heterocycles. The van der Waals surface area contributed by atoms with E-state index in [0.29, 0.717) is 6.04 Å². The molecule has 0 amide bonds. The zero-order valence-corrected chi connectivity index (χ0v) is 10.9. The van der Waals surface area contributed by atoms with E-state index in [2.05, 4.69) is 22.2 Å². The van der Waals surface area contributed by atoms with Gasteiger partial charge in [-0.3, -0.25) is 4.79 Å². The van der Waals surface area contributed by atoms with Crippen LogP contribution in [0.3, 0.4) is 0 Å². The van der Waals surface area contributed by atoms with Crippen LogP contribution in [-0.2, 0) is 22.4 Å². The van der Waals surface area contributed by atoms with Crippen molar-refractivity contribution in [2.45, 2.75) is 25.3 Å². The normalized spacial score (nSPS) is 18.0. The van der Waals surface area contributed by atoms with E-state index < -0.39 is 0 Å². The molecular formula is C14H19NO3. The second kappa shape index (κ2) is 5.87. The Morgan fingerprint density at radius 3 is 2.94 bits per heavy atom. The predicted molar refractivity (Wildman–Crippen MR) is 68.8 cm³/mol. The molecule has 1 aliphatic rings. The highest BCUT2D eigenvalue weighted by Gasteiger charge is 2.19. The van der Waals surface area contributed by atoms with Crippen LogP contribution in [-0.4, -0.2) is 32.8 Å². The summed E-state index contributed by atoms with van der Waals surface area (Å²) in [7, 11) is 3.09. The Bertz CT molecular complexity index is 431. The Morgan fingerprint density at radius 2 is 2.22 bits per heavy atom. The van der Waals surface area contributed by atoms with Crippen LogP contribution in [0.25, 0.3) is 0 Å². The molecule has 18 heavy (non-hydrogen) atoms. The lowest BCUT2D eigenvalue weighted by molar-refractivity contribution is -0.139. The summed E-state index contributed by atoms with van der Waals surface area (Å²) in [6, 6.07) is 6.55. The molecule has 2 rings (SSSR count). The van der Waals surface area contributed by atoms with Gasteiger partial charge >= 0.3 is 5.97 Å². The van der Waals surface area contributed by atoms with Crippen molar-refractivity contribution in [3.8, 4) is 5.75 Å². The fraction of sp³-hybridized carbons (Fsp3) is 0.500. The first kappa shape index (κ1) is 12.9. The van der Waals surface area contributed by atoms with Crippen molar-refractivity contribution in [1.29, 1.82) is 0 Å². The molecule has 1 aromatic rings. The number of rotatable bonds is 4. The largest absolute Gasteiger partial charge is 0.497 e. The van der Waals surface area contributed by atoms with E-state index in [4.69, 9.17) is 4.74 Å². The summed E-state index contributed by atoms with van der Waals surface area (Å²) in [5, 5.41) is 3.24. The van der Waals surface area contributed by atoms with Gasteiger partial charge in [0.2, 0.25) is 0 Å². The van der Waals surface area contributed by atoms with Crippen LogP contribution in [0.2, 0.25) is 0 Å². The van der Waals surface area contributed by atoms with Crippen molar-refractivity contribution in [1.82, 2.24) is 5.32 Å². The van der Waals surface area contributed by atoms with Crippen LogP contribution in [0.15, 0.2) is 18.2 Å². The van der Waals surface area contributed by atoms with Gasteiger partial charge in [-0.25, -0.2) is 0 Å². The molecule has 0 saturated heterocycles. The minimum absolute atomic E-state index is 0.216. The Kier molecular flexibility index (Phi) is 4.20. The minimum atomic E-state index is -0.216. The van der Waals surface area contributed by atoms with E-state index >= 15 is 0 Å². The molecule has 1 aliphatic carbocycles. The monoisotopic (exact) mass is 249 g/mol. The first-order chi connectivity index (χ1) is 8.72. The van der Waals surface area contributed by atoms with E-state index in [1.165, 1.54) is 18.2 Å². The second-order valence-corrected chi connectivity index (χ2v) is 4.53. The van der Waals surface area contributed by atoms with Crippen LogP contribution >= 0.6 is 0 Å². The summed E-state index contributed by atoms with van der Waals surface area (Å²) in [5.41, 5.74) is 2.69. The van der Waals surface area contributed by atoms with Crippen LogP contribution in [0.1, 0.15) is 17.5 Å². The molecule has 0 fully saturated rings. The maximum Gasteiger partial charge on any atom is 0.319 e. The third-order valence-corrected chi connectivity index (χ3v) is 3.40. The van der Waals surface area contributed by atoms with Gasteiger partial charge in [-0.15, -0.1) is 0 Å². The van der Waals surface area contributed by atoms with Gasteiger partial charge in [-0.05, 0) is 42.5 Å². The SMILES string of the molecule is COC(=O)CNC1CCc2ccc(OC)cc2C1. The van der Waals surface area contributed by atoms with Crippen LogP contribution in [0.5, 0.6) is 5.75 Å². The highest BCUT2D eigenvalue weighted by Crippen LogP contribution is 2.25. The Labute approximate surface area is 107 Å². The van der Waals surface area contributed by atoms with Crippen molar-refractivity contribution in [3.63, 3.8) is 0 Å². The van der Waals surface area contributed by atoms with E-state index in [-0.39, 0.29) is 12.5 Å². The molecule has 0 heterocycles. The number of aryl methyl sites for hydroxylation is 1. The highest BCUT2D eigenvalue weighted by molar-refractivity contribution is 5.71. The summed E-state index contributed by atoms with van der Waals surface area (Å²) < 4.78 is 9.86. The number of methoxy groups -OCH3 is 2. The lowest BCUT2D eigenvalue weighted by Gasteiger charge is -2.25. The summed E-state index contributed by atoms with van der Waals surface area (Å²) in [4.78, 5) is 11.1. The average Bonchev–Trinajstić information content (AvgIpc) is 2.43. The summed E-state index contributed by atoms with van der Waals surface area (Å²) in [6.07, 6.45) is 3.03. The van der Waals surface area contributed by atoms with Gasteiger partial charge < -0.3 is 14.8 Å². The van der Waals surface area contributed by atoms with E-state index in [9.17, 15) is 4.79 Å². The van der Waals surface area contributed by atoms with Gasteiger partial charge in [0.05, 0.1) is 20.8 Å². The highest BCUT2D eigenvalue weighted by atomic mass is 16.5. The van der Waals surface area contributed by atoms with E-state index in [1.54, 1.807) is 7.11 Å². The Hall–Kier alpha value is -1.55. The lowest BCUT2D eigenvalue weighted by Crippen LogP contribution is -2.38. The number of hydrogen-bond acceptors (Lipinski definition) is 4. The minimum Gasteiger partial charge on any atom is -0.497 e. The third kappa shape index (κ3) is 3.01. The van der Waals surface area contributed by atoms with Crippen LogP contribution in [0, 0.1) is 0 Å². The second-order valence-electron chi connectivity index (χ2n) is 4.53. The molecule has 1 unspecified atom stereocenters. The summed E-state index contributed by atoms with van der Waals surface area (Å²) in [6.45, 7) is 0.278. The Morgan fingerprint density at radius 1 is 1.39 bits per heavy atom. The Balaban J connectivity index is 1.98. The molecule has 1 N–H and O–H groups in total. The topological polar surface area (TPSA) is 47.6 Å². The quantitative estimate of drug-likeness (QED) is 0.817. The van der Waals surface area contributed by atoms with Crippen molar-refractivity contribution >= 4 is 5.97 Å². The molecule has 0 saturated carbocycles. The smallest absolute Gasteiger partial charge is 0.319 e. The maximum atomic E-state index is 11.1. The molecule has 0 bridgehead atoms.